The number of para-hydroxylation sites is 1. The Morgan fingerprint density at radius 1 is 0.700 bits per heavy atom. The lowest BCUT2D eigenvalue weighted by Crippen LogP contribution is -2.33. The van der Waals surface area contributed by atoms with E-state index in [4.69, 9.17) is 4.74 Å². The molecule has 246 valence electrons. The van der Waals surface area contributed by atoms with E-state index in [1.165, 1.54) is 79.4 Å². The number of rotatable bonds is 6. The van der Waals surface area contributed by atoms with Gasteiger partial charge in [0.05, 0.1) is 18.2 Å². The van der Waals surface area contributed by atoms with Crippen molar-refractivity contribution in [1.82, 2.24) is 4.57 Å². The molecule has 0 saturated carbocycles. The number of allylic oxidation sites excluding steroid dienone is 2. The first-order chi connectivity index (χ1) is 24.5. The Balaban J connectivity index is 1.17. The van der Waals surface area contributed by atoms with E-state index in [-0.39, 0.29) is 5.41 Å². The van der Waals surface area contributed by atoms with Gasteiger partial charge in [0.1, 0.15) is 5.75 Å². The third-order valence-corrected chi connectivity index (χ3v) is 11.1. The average molecular weight is 651 g/mol. The van der Waals surface area contributed by atoms with Crippen molar-refractivity contribution in [3.05, 3.63) is 166 Å². The first-order valence-corrected chi connectivity index (χ1v) is 18.0. The van der Waals surface area contributed by atoms with Gasteiger partial charge in [0.15, 0.2) is 0 Å². The first kappa shape index (κ1) is 30.5. The molecule has 0 saturated heterocycles. The molecule has 0 unspecified atom stereocenters. The van der Waals surface area contributed by atoms with Crippen LogP contribution in [0.3, 0.4) is 0 Å². The molecule has 1 aromatic heterocycles. The summed E-state index contributed by atoms with van der Waals surface area (Å²) in [6, 6.07) is 44.3. The molecule has 50 heavy (non-hydrogen) atoms. The van der Waals surface area contributed by atoms with Gasteiger partial charge in [-0.15, -0.1) is 0 Å². The second-order valence-corrected chi connectivity index (χ2v) is 14.3. The van der Waals surface area contributed by atoms with E-state index >= 15 is 0 Å². The first-order valence-electron chi connectivity index (χ1n) is 18.0. The minimum Gasteiger partial charge on any atom is -0.497 e. The highest BCUT2D eigenvalue weighted by Crippen LogP contribution is 2.48. The standard InChI is InChI=1S/C47H42N2O/c1-47(2)42-20-10-9-19-40(42)46-45(47)41-31-34(15-12-22-44(41)49(46)35-16-5-4-6-17-35)32-23-25-36(26-24-32)48(37-27-29-38(50-3)30-28-37)43-21-11-14-33-13-7-8-18-39(33)43/h4-6,9-11,14-17,19-31H,7-8,12-13,18H2,1-3H3. The second-order valence-electron chi connectivity index (χ2n) is 14.3. The van der Waals surface area contributed by atoms with Crippen LogP contribution in [0.25, 0.3) is 34.7 Å². The maximum Gasteiger partial charge on any atom is 0.119 e. The van der Waals surface area contributed by atoms with E-state index in [0.717, 1.165) is 36.4 Å². The Kier molecular flexibility index (Phi) is 7.39. The van der Waals surface area contributed by atoms with Crippen LogP contribution in [0.5, 0.6) is 5.75 Å². The molecule has 3 aliphatic carbocycles. The van der Waals surface area contributed by atoms with E-state index < -0.39 is 0 Å². The third kappa shape index (κ3) is 4.87. The molecule has 9 rings (SSSR count). The Morgan fingerprint density at radius 2 is 1.42 bits per heavy atom. The molecule has 0 fully saturated rings. The average Bonchev–Trinajstić information content (AvgIpc) is 3.50. The minimum atomic E-state index is -0.118. The number of nitrogens with zero attached hydrogens (tertiary/aromatic N) is 2. The van der Waals surface area contributed by atoms with Gasteiger partial charge in [-0.3, -0.25) is 0 Å². The van der Waals surface area contributed by atoms with Gasteiger partial charge in [-0.1, -0.05) is 92.7 Å². The smallest absolute Gasteiger partial charge is 0.119 e. The molecule has 3 nitrogen and oxygen atoms in total. The lowest BCUT2D eigenvalue weighted by Gasteiger charge is -2.30. The molecule has 0 bridgehead atoms. The molecule has 0 amide bonds. The van der Waals surface area contributed by atoms with Crippen molar-refractivity contribution in [1.29, 1.82) is 0 Å². The Morgan fingerprint density at radius 3 is 2.20 bits per heavy atom. The zero-order chi connectivity index (χ0) is 33.8. The number of benzene rings is 5. The molecular formula is C47H42N2O. The molecule has 0 radical (unpaired) electrons. The van der Waals surface area contributed by atoms with E-state index in [9.17, 15) is 0 Å². The summed E-state index contributed by atoms with van der Waals surface area (Å²) < 4.78 is 8.02. The SMILES string of the molecule is COc1ccc(N(c2ccc(C3=CCC=c4c(c5c(n4-c4ccccc4)-c4ccccc4C5(C)C)=C3)cc2)c2cccc3c2CCCC3)cc1. The molecular weight excluding hydrogens is 609 g/mol. The zero-order valence-electron chi connectivity index (χ0n) is 29.1. The molecule has 6 aromatic rings. The quantitative estimate of drug-likeness (QED) is 0.179. The van der Waals surface area contributed by atoms with E-state index in [0.29, 0.717) is 0 Å². The Hall–Kier alpha value is -5.54. The Bertz CT molecular complexity index is 2390. The van der Waals surface area contributed by atoms with E-state index in [2.05, 4.69) is 163 Å². The van der Waals surface area contributed by atoms with Crippen molar-refractivity contribution in [3.8, 4) is 22.7 Å². The van der Waals surface area contributed by atoms with Crippen LogP contribution in [0.1, 0.15) is 60.9 Å². The van der Waals surface area contributed by atoms with E-state index in [1.54, 1.807) is 7.11 Å². The van der Waals surface area contributed by atoms with E-state index in [1.807, 2.05) is 0 Å². The van der Waals surface area contributed by atoms with Gasteiger partial charge in [0.25, 0.3) is 0 Å². The monoisotopic (exact) mass is 650 g/mol. The number of aryl methyl sites for hydroxylation is 1. The zero-order valence-corrected chi connectivity index (χ0v) is 29.1. The van der Waals surface area contributed by atoms with Crippen LogP contribution in [0.15, 0.2) is 127 Å². The van der Waals surface area contributed by atoms with Crippen molar-refractivity contribution in [2.45, 2.75) is 51.4 Å². The molecule has 3 heteroatoms. The summed E-state index contributed by atoms with van der Waals surface area (Å²) in [5, 5.41) is 2.61. The second kappa shape index (κ2) is 12.1. The molecule has 0 spiro atoms. The number of anilines is 3. The van der Waals surface area contributed by atoms with Crippen LogP contribution in [0.2, 0.25) is 0 Å². The van der Waals surface area contributed by atoms with Gasteiger partial charge in [0.2, 0.25) is 0 Å². The van der Waals surface area contributed by atoms with Gasteiger partial charge in [-0.05, 0) is 126 Å². The maximum atomic E-state index is 5.52. The summed E-state index contributed by atoms with van der Waals surface area (Å²) in [7, 11) is 1.73. The molecule has 0 atom stereocenters. The highest BCUT2D eigenvalue weighted by atomic mass is 16.5. The van der Waals surface area contributed by atoms with Crippen LogP contribution >= 0.6 is 0 Å². The highest BCUT2D eigenvalue weighted by molar-refractivity contribution is 5.92. The molecule has 3 aliphatic rings. The number of fused-ring (bicyclic) bond motifs is 6. The Labute approximate surface area is 295 Å². The van der Waals surface area contributed by atoms with Gasteiger partial charge >= 0.3 is 0 Å². The maximum absolute atomic E-state index is 5.52. The predicted molar refractivity (Wildman–Crippen MR) is 208 cm³/mol. The van der Waals surface area contributed by atoms with Crippen molar-refractivity contribution in [3.63, 3.8) is 0 Å². The summed E-state index contributed by atoms with van der Waals surface area (Å²) in [5.41, 5.74) is 15.6. The minimum absolute atomic E-state index is 0.118. The predicted octanol–water partition coefficient (Wildman–Crippen LogP) is 10.2. The molecule has 0 N–H and O–H groups in total. The normalized spacial score (nSPS) is 15.3. The van der Waals surface area contributed by atoms with Gasteiger partial charge < -0.3 is 14.2 Å². The van der Waals surface area contributed by atoms with Crippen molar-refractivity contribution in [2.24, 2.45) is 0 Å². The lowest BCUT2D eigenvalue weighted by molar-refractivity contribution is 0.415. The van der Waals surface area contributed by atoms with Crippen LogP contribution in [0.4, 0.5) is 17.1 Å². The van der Waals surface area contributed by atoms with Gasteiger partial charge in [-0.2, -0.15) is 0 Å². The summed E-state index contributed by atoms with van der Waals surface area (Å²) in [6.07, 6.45) is 12.9. The topological polar surface area (TPSA) is 17.4 Å². The highest BCUT2D eigenvalue weighted by Gasteiger charge is 2.40. The van der Waals surface area contributed by atoms with Crippen molar-refractivity contribution < 1.29 is 4.74 Å². The largest absolute Gasteiger partial charge is 0.497 e. The van der Waals surface area contributed by atoms with Crippen LogP contribution in [-0.2, 0) is 18.3 Å². The number of aromatic nitrogens is 1. The summed E-state index contributed by atoms with van der Waals surface area (Å²) in [5.74, 6) is 0.866. The molecule has 5 aromatic carbocycles. The molecule has 1 heterocycles. The third-order valence-electron chi connectivity index (χ3n) is 11.1. The number of methoxy groups -OCH3 is 1. The van der Waals surface area contributed by atoms with Crippen LogP contribution in [-0.4, -0.2) is 11.7 Å². The van der Waals surface area contributed by atoms with Crippen LogP contribution < -0.4 is 20.2 Å². The fourth-order valence-electron chi connectivity index (χ4n) is 8.70. The summed E-state index contributed by atoms with van der Waals surface area (Å²) in [4.78, 5) is 2.43. The van der Waals surface area contributed by atoms with Crippen LogP contribution in [0, 0.1) is 0 Å². The van der Waals surface area contributed by atoms with Gasteiger partial charge in [0, 0.05) is 38.9 Å². The fraction of sp³-hybridized carbons (Fsp3) is 0.191. The summed E-state index contributed by atoms with van der Waals surface area (Å²) >= 11 is 0. The number of hydrogen-bond acceptors (Lipinski definition) is 2. The summed E-state index contributed by atoms with van der Waals surface area (Å²) in [6.45, 7) is 4.78. The number of ether oxygens (including phenoxy) is 1. The van der Waals surface area contributed by atoms with Crippen molar-refractivity contribution >= 4 is 34.8 Å². The van der Waals surface area contributed by atoms with Crippen molar-refractivity contribution in [2.75, 3.05) is 12.0 Å². The van der Waals surface area contributed by atoms with Gasteiger partial charge in [-0.25, -0.2) is 0 Å². The fourth-order valence-corrected chi connectivity index (χ4v) is 8.70. The number of hydrogen-bond donors (Lipinski definition) is 0. The molecule has 0 aliphatic heterocycles. The lowest BCUT2D eigenvalue weighted by atomic mass is 9.82.